The number of carbonyl (C=O) groups excluding carboxylic acids is 1. The SMILES string of the molecule is CCCC(NC(=O)N1CCN(c2ccc3nccn3n2)CC1)c1ccccc1. The van der Waals surface area contributed by atoms with Crippen molar-refractivity contribution in [1.82, 2.24) is 24.8 Å². The smallest absolute Gasteiger partial charge is 0.318 e. The Kier molecular flexibility index (Phi) is 5.41. The summed E-state index contributed by atoms with van der Waals surface area (Å²) in [5.41, 5.74) is 2.00. The molecule has 0 saturated carbocycles. The molecule has 7 heteroatoms. The Morgan fingerprint density at radius 2 is 1.89 bits per heavy atom. The van der Waals surface area contributed by atoms with Gasteiger partial charge in [0.25, 0.3) is 0 Å². The zero-order valence-corrected chi connectivity index (χ0v) is 16.2. The number of nitrogens with zero attached hydrogens (tertiary/aromatic N) is 5. The van der Waals surface area contributed by atoms with Gasteiger partial charge in [-0.05, 0) is 24.1 Å². The van der Waals surface area contributed by atoms with E-state index in [1.807, 2.05) is 41.4 Å². The van der Waals surface area contributed by atoms with E-state index in [1.54, 1.807) is 10.7 Å². The molecule has 1 aromatic carbocycles. The standard InChI is InChI=1S/C21H26N6O/c1-2-6-18(17-7-4-3-5-8-17)23-21(28)26-15-13-25(14-16-26)20-10-9-19-22-11-12-27(19)24-20/h3-5,7-12,18H,2,6,13-16H2,1H3,(H,23,28). The topological polar surface area (TPSA) is 65.8 Å². The number of fused-ring (bicyclic) bond motifs is 1. The second kappa shape index (κ2) is 8.29. The molecule has 0 spiro atoms. The molecule has 28 heavy (non-hydrogen) atoms. The summed E-state index contributed by atoms with van der Waals surface area (Å²) in [6.07, 6.45) is 5.55. The van der Waals surface area contributed by atoms with Gasteiger partial charge in [0.05, 0.1) is 6.04 Å². The molecule has 1 fully saturated rings. The van der Waals surface area contributed by atoms with E-state index in [1.165, 1.54) is 0 Å². The van der Waals surface area contributed by atoms with Crippen molar-refractivity contribution in [1.29, 1.82) is 0 Å². The number of rotatable bonds is 5. The Balaban J connectivity index is 1.36. The molecule has 2 amide bonds. The van der Waals surface area contributed by atoms with Gasteiger partial charge in [-0.2, -0.15) is 0 Å². The van der Waals surface area contributed by atoms with Crippen molar-refractivity contribution in [2.45, 2.75) is 25.8 Å². The van der Waals surface area contributed by atoms with Crippen molar-refractivity contribution in [2.75, 3.05) is 31.1 Å². The van der Waals surface area contributed by atoms with Gasteiger partial charge < -0.3 is 15.1 Å². The number of nitrogens with one attached hydrogen (secondary N) is 1. The lowest BCUT2D eigenvalue weighted by atomic mass is 10.0. The number of benzene rings is 1. The third kappa shape index (κ3) is 3.93. The summed E-state index contributed by atoms with van der Waals surface area (Å²) in [4.78, 5) is 21.1. The van der Waals surface area contributed by atoms with Gasteiger partial charge in [0, 0.05) is 38.6 Å². The third-order valence-corrected chi connectivity index (χ3v) is 5.21. The van der Waals surface area contributed by atoms with Crippen LogP contribution < -0.4 is 10.2 Å². The fourth-order valence-electron chi connectivity index (χ4n) is 3.65. The van der Waals surface area contributed by atoms with E-state index in [0.717, 1.165) is 43.0 Å². The molecule has 1 saturated heterocycles. The zero-order valence-electron chi connectivity index (χ0n) is 16.2. The van der Waals surface area contributed by atoms with Crippen LogP contribution in [0.5, 0.6) is 0 Å². The molecular formula is C21H26N6O. The van der Waals surface area contributed by atoms with Crippen molar-refractivity contribution >= 4 is 17.5 Å². The fraction of sp³-hybridized carbons (Fsp3) is 0.381. The van der Waals surface area contributed by atoms with Crippen LogP contribution in [0.2, 0.25) is 0 Å². The minimum absolute atomic E-state index is 0.0139. The van der Waals surface area contributed by atoms with Crippen LogP contribution in [0, 0.1) is 0 Å². The average molecular weight is 378 g/mol. The van der Waals surface area contributed by atoms with Gasteiger partial charge in [-0.15, -0.1) is 5.10 Å². The number of hydrogen-bond acceptors (Lipinski definition) is 4. The third-order valence-electron chi connectivity index (χ3n) is 5.21. The predicted octanol–water partition coefficient (Wildman–Crippen LogP) is 3.10. The lowest BCUT2D eigenvalue weighted by molar-refractivity contribution is 0.189. The Labute approximate surface area is 165 Å². The predicted molar refractivity (Wildman–Crippen MR) is 109 cm³/mol. The molecule has 1 aliphatic heterocycles. The van der Waals surface area contributed by atoms with Crippen molar-refractivity contribution in [3.63, 3.8) is 0 Å². The maximum absolute atomic E-state index is 12.8. The minimum Gasteiger partial charge on any atom is -0.352 e. The monoisotopic (exact) mass is 378 g/mol. The quantitative estimate of drug-likeness (QED) is 0.741. The first-order valence-corrected chi connectivity index (χ1v) is 9.90. The number of aromatic nitrogens is 3. The Bertz CT molecular complexity index is 917. The number of imidazole rings is 1. The van der Waals surface area contributed by atoms with Gasteiger partial charge in [-0.3, -0.25) is 0 Å². The van der Waals surface area contributed by atoms with Gasteiger partial charge in [-0.25, -0.2) is 14.3 Å². The first kappa shape index (κ1) is 18.3. The Hall–Kier alpha value is -3.09. The van der Waals surface area contributed by atoms with Crippen LogP contribution in [0.15, 0.2) is 54.9 Å². The molecule has 1 atom stereocenters. The molecule has 1 aliphatic rings. The summed E-state index contributed by atoms with van der Waals surface area (Å²) in [5.74, 6) is 0.915. The molecule has 3 heterocycles. The number of amides is 2. The highest BCUT2D eigenvalue weighted by Crippen LogP contribution is 2.19. The van der Waals surface area contributed by atoms with Crippen molar-refractivity contribution in [3.05, 3.63) is 60.4 Å². The fourth-order valence-corrected chi connectivity index (χ4v) is 3.65. The van der Waals surface area contributed by atoms with E-state index >= 15 is 0 Å². The summed E-state index contributed by atoms with van der Waals surface area (Å²) in [6.45, 7) is 5.05. The van der Waals surface area contributed by atoms with Crippen LogP contribution in [-0.4, -0.2) is 51.7 Å². The lowest BCUT2D eigenvalue weighted by Gasteiger charge is -2.36. The number of anilines is 1. The van der Waals surface area contributed by atoms with Crippen molar-refractivity contribution in [2.24, 2.45) is 0 Å². The van der Waals surface area contributed by atoms with Gasteiger partial charge >= 0.3 is 6.03 Å². The van der Waals surface area contributed by atoms with E-state index < -0.39 is 0 Å². The van der Waals surface area contributed by atoms with Gasteiger partial charge in [0.15, 0.2) is 5.65 Å². The van der Waals surface area contributed by atoms with Crippen LogP contribution in [-0.2, 0) is 0 Å². The molecule has 2 aromatic heterocycles. The number of urea groups is 1. The highest BCUT2D eigenvalue weighted by atomic mass is 16.2. The maximum Gasteiger partial charge on any atom is 0.318 e. The van der Waals surface area contributed by atoms with Crippen molar-refractivity contribution < 1.29 is 4.79 Å². The first-order chi connectivity index (χ1) is 13.7. The average Bonchev–Trinajstić information content (AvgIpc) is 3.22. The molecule has 3 aromatic rings. The number of hydrogen-bond donors (Lipinski definition) is 1. The summed E-state index contributed by atoms with van der Waals surface area (Å²) in [6, 6.07) is 14.2. The molecule has 1 N–H and O–H groups in total. The van der Waals surface area contributed by atoms with E-state index in [4.69, 9.17) is 0 Å². The first-order valence-electron chi connectivity index (χ1n) is 9.90. The van der Waals surface area contributed by atoms with Crippen LogP contribution in [0.4, 0.5) is 10.6 Å². The second-order valence-electron chi connectivity index (χ2n) is 7.10. The Morgan fingerprint density at radius 1 is 1.11 bits per heavy atom. The van der Waals surface area contributed by atoms with E-state index in [0.29, 0.717) is 13.1 Å². The van der Waals surface area contributed by atoms with E-state index in [2.05, 4.69) is 39.4 Å². The van der Waals surface area contributed by atoms with Crippen LogP contribution >= 0.6 is 0 Å². The number of piperazine rings is 1. The van der Waals surface area contributed by atoms with E-state index in [-0.39, 0.29) is 12.1 Å². The molecule has 0 aliphatic carbocycles. The lowest BCUT2D eigenvalue weighted by Crippen LogP contribution is -2.52. The van der Waals surface area contributed by atoms with Crippen LogP contribution in [0.25, 0.3) is 5.65 Å². The largest absolute Gasteiger partial charge is 0.352 e. The van der Waals surface area contributed by atoms with E-state index in [9.17, 15) is 4.79 Å². The molecule has 146 valence electrons. The zero-order chi connectivity index (χ0) is 19.3. The second-order valence-corrected chi connectivity index (χ2v) is 7.10. The van der Waals surface area contributed by atoms with Crippen molar-refractivity contribution in [3.8, 4) is 0 Å². The van der Waals surface area contributed by atoms with Gasteiger partial charge in [0.1, 0.15) is 5.82 Å². The normalized spacial score (nSPS) is 15.6. The van der Waals surface area contributed by atoms with Crippen LogP contribution in [0.3, 0.4) is 0 Å². The Morgan fingerprint density at radius 3 is 2.64 bits per heavy atom. The highest BCUT2D eigenvalue weighted by molar-refractivity contribution is 5.75. The maximum atomic E-state index is 12.8. The molecule has 1 unspecified atom stereocenters. The molecule has 7 nitrogen and oxygen atoms in total. The summed E-state index contributed by atoms with van der Waals surface area (Å²) < 4.78 is 1.78. The summed E-state index contributed by atoms with van der Waals surface area (Å²) in [5, 5.41) is 7.82. The molecule has 0 radical (unpaired) electrons. The number of carbonyl (C=O) groups is 1. The van der Waals surface area contributed by atoms with Gasteiger partial charge in [-0.1, -0.05) is 43.7 Å². The molecule has 4 rings (SSSR count). The molecular weight excluding hydrogens is 352 g/mol. The minimum atomic E-state index is 0.0139. The molecule has 0 bridgehead atoms. The summed E-state index contributed by atoms with van der Waals surface area (Å²) >= 11 is 0. The summed E-state index contributed by atoms with van der Waals surface area (Å²) in [7, 11) is 0. The highest BCUT2D eigenvalue weighted by Gasteiger charge is 2.24. The van der Waals surface area contributed by atoms with Crippen LogP contribution in [0.1, 0.15) is 31.4 Å². The van der Waals surface area contributed by atoms with Gasteiger partial charge in [0.2, 0.25) is 0 Å².